The lowest BCUT2D eigenvalue weighted by atomic mass is 9.85. The van der Waals surface area contributed by atoms with E-state index in [2.05, 4.69) is 15.0 Å². The summed E-state index contributed by atoms with van der Waals surface area (Å²) >= 11 is 1.19. The molecule has 12 heteroatoms. The highest BCUT2D eigenvalue weighted by Gasteiger charge is 2.66. The third-order valence-corrected chi connectivity index (χ3v) is 7.29. The lowest BCUT2D eigenvalue weighted by Crippen LogP contribution is -2.36. The summed E-state index contributed by atoms with van der Waals surface area (Å²) in [4.78, 5) is 12.8. The molecule has 1 aromatic carbocycles. The average molecular weight is 500 g/mol. The Morgan fingerprint density at radius 1 is 1.32 bits per heavy atom. The molecule has 2 heterocycles. The van der Waals surface area contributed by atoms with Gasteiger partial charge < -0.3 is 16.2 Å². The molecule has 3 atom stereocenters. The van der Waals surface area contributed by atoms with Crippen LogP contribution < -0.4 is 16.2 Å². The van der Waals surface area contributed by atoms with Gasteiger partial charge in [0.1, 0.15) is 29.8 Å². The average Bonchev–Trinajstić information content (AvgIpc) is 3.49. The van der Waals surface area contributed by atoms with Crippen molar-refractivity contribution in [3.63, 3.8) is 0 Å². The topological polar surface area (TPSA) is 98.9 Å². The van der Waals surface area contributed by atoms with E-state index in [1.54, 1.807) is 13.8 Å². The minimum Gasteiger partial charge on any atom is -0.482 e. The fraction of sp³-hybridized carbons (Fsp3) is 0.409. The van der Waals surface area contributed by atoms with Crippen molar-refractivity contribution in [2.24, 2.45) is 27.4 Å². The Balaban J connectivity index is 1.63. The van der Waals surface area contributed by atoms with Crippen LogP contribution in [0.2, 0.25) is 0 Å². The fourth-order valence-corrected chi connectivity index (χ4v) is 5.62. The van der Waals surface area contributed by atoms with Crippen LogP contribution in [0, 0.1) is 18.7 Å². The second-order valence-electron chi connectivity index (χ2n) is 8.56. The summed E-state index contributed by atoms with van der Waals surface area (Å²) < 4.78 is 69.7. The zero-order valence-electron chi connectivity index (χ0n) is 18.3. The predicted molar refractivity (Wildman–Crippen MR) is 121 cm³/mol. The normalized spacial score (nSPS) is 26.6. The highest BCUT2D eigenvalue weighted by Crippen LogP contribution is 2.66. The summed E-state index contributed by atoms with van der Waals surface area (Å²) in [6, 6.07) is 5.51. The van der Waals surface area contributed by atoms with Crippen molar-refractivity contribution >= 4 is 28.5 Å². The molecule has 4 N–H and O–H groups in total. The second-order valence-corrected chi connectivity index (χ2v) is 9.99. The third kappa shape index (κ3) is 4.55. The number of aryl methyl sites for hydroxylation is 1. The van der Waals surface area contributed by atoms with E-state index in [0.29, 0.717) is 17.7 Å². The zero-order chi connectivity index (χ0) is 24.9. The van der Waals surface area contributed by atoms with Gasteiger partial charge in [-0.2, -0.15) is 13.2 Å². The molecule has 34 heavy (non-hydrogen) atoms. The molecule has 0 amide bonds. The largest absolute Gasteiger partial charge is 0.482 e. The summed E-state index contributed by atoms with van der Waals surface area (Å²) in [7, 11) is 0. The number of hydrogen-bond donors (Lipinski definition) is 2. The van der Waals surface area contributed by atoms with Gasteiger partial charge in [0.05, 0.1) is 22.2 Å². The van der Waals surface area contributed by atoms with Crippen LogP contribution in [0.1, 0.15) is 30.2 Å². The lowest BCUT2D eigenvalue weighted by molar-refractivity contribution is -0.153. The Morgan fingerprint density at radius 2 is 2.06 bits per heavy atom. The van der Waals surface area contributed by atoms with Crippen molar-refractivity contribution in [3.8, 4) is 5.75 Å². The van der Waals surface area contributed by atoms with Crippen LogP contribution in [-0.4, -0.2) is 40.2 Å². The fourth-order valence-electron chi connectivity index (χ4n) is 4.30. The van der Waals surface area contributed by atoms with Crippen molar-refractivity contribution in [2.45, 2.75) is 36.7 Å². The van der Waals surface area contributed by atoms with Crippen LogP contribution in [0.25, 0.3) is 0 Å². The van der Waals surface area contributed by atoms with E-state index in [0.717, 1.165) is 6.20 Å². The van der Waals surface area contributed by atoms with Gasteiger partial charge in [-0.1, -0.05) is 11.8 Å². The van der Waals surface area contributed by atoms with Gasteiger partial charge in [-0.25, -0.2) is 18.8 Å². The number of benzene rings is 1. The first-order valence-corrected chi connectivity index (χ1v) is 11.1. The first-order chi connectivity index (χ1) is 15.9. The van der Waals surface area contributed by atoms with Crippen molar-refractivity contribution in [1.82, 2.24) is 4.98 Å². The standard InChI is InChI=1S/C22H22F5N5OS/c1-11-5-13(33-10-22(25,26)27)8-30-17(11)18(28)31-12-3-4-15(24)14(6-12)20(2)16-7-21(16,9-23)34-19(29)32-20/h3-6,8,16H,7,9-10H2,1-2H3,(H2,28,31)(H2,29,32)/t16-,20+,21+/m0/s1. The highest BCUT2D eigenvalue weighted by atomic mass is 32.2. The van der Waals surface area contributed by atoms with E-state index in [-0.39, 0.29) is 33.9 Å². The molecular formula is C22H22F5N5OS. The van der Waals surface area contributed by atoms with E-state index in [1.807, 2.05) is 0 Å². The summed E-state index contributed by atoms with van der Waals surface area (Å²) in [5.74, 6) is -0.825. The van der Waals surface area contributed by atoms with Crippen LogP contribution in [0.5, 0.6) is 5.75 Å². The molecule has 1 fully saturated rings. The number of fused-ring (bicyclic) bond motifs is 1. The Bertz CT molecular complexity index is 1190. The summed E-state index contributed by atoms with van der Waals surface area (Å²) in [6.07, 6.45) is -2.83. The maximum absolute atomic E-state index is 14.9. The number of ether oxygens (including phenoxy) is 1. The third-order valence-electron chi connectivity index (χ3n) is 6.02. The smallest absolute Gasteiger partial charge is 0.422 e. The van der Waals surface area contributed by atoms with Crippen LogP contribution in [0.4, 0.5) is 27.6 Å². The lowest BCUT2D eigenvalue weighted by Gasteiger charge is -2.33. The molecule has 0 saturated heterocycles. The molecule has 0 unspecified atom stereocenters. The van der Waals surface area contributed by atoms with Gasteiger partial charge in [0.2, 0.25) is 0 Å². The van der Waals surface area contributed by atoms with E-state index < -0.39 is 35.6 Å². The number of aliphatic imine (C=N–C) groups is 2. The van der Waals surface area contributed by atoms with Crippen molar-refractivity contribution in [3.05, 3.63) is 53.1 Å². The van der Waals surface area contributed by atoms with E-state index in [9.17, 15) is 22.0 Å². The molecule has 1 aromatic heterocycles. The minimum atomic E-state index is -4.47. The van der Waals surface area contributed by atoms with E-state index in [4.69, 9.17) is 16.2 Å². The second kappa shape index (κ2) is 8.40. The number of alkyl halides is 4. The molecule has 0 spiro atoms. The number of thioether (sulfide) groups is 1. The van der Waals surface area contributed by atoms with Gasteiger partial charge in [0, 0.05) is 11.5 Å². The Hall–Kier alpha value is -2.89. The van der Waals surface area contributed by atoms with Crippen LogP contribution in [0.15, 0.2) is 40.4 Å². The quantitative estimate of drug-likeness (QED) is 0.346. The maximum Gasteiger partial charge on any atom is 0.422 e. The molecule has 1 aliphatic heterocycles. The molecule has 0 bridgehead atoms. The number of aromatic nitrogens is 1. The Morgan fingerprint density at radius 3 is 2.71 bits per heavy atom. The molecule has 0 radical (unpaired) electrons. The first kappa shape index (κ1) is 24.2. The highest BCUT2D eigenvalue weighted by molar-refractivity contribution is 8.15. The van der Waals surface area contributed by atoms with Gasteiger partial charge in [-0.05, 0) is 50.1 Å². The van der Waals surface area contributed by atoms with Crippen LogP contribution in [-0.2, 0) is 5.54 Å². The van der Waals surface area contributed by atoms with Gasteiger partial charge in [0.25, 0.3) is 0 Å². The molecule has 6 nitrogen and oxygen atoms in total. The molecular weight excluding hydrogens is 477 g/mol. The van der Waals surface area contributed by atoms with E-state index in [1.165, 1.54) is 36.0 Å². The number of amidine groups is 2. The summed E-state index contributed by atoms with van der Waals surface area (Å²) in [5.41, 5.74) is 12.2. The zero-order valence-corrected chi connectivity index (χ0v) is 19.1. The molecule has 182 valence electrons. The van der Waals surface area contributed by atoms with Crippen molar-refractivity contribution in [1.29, 1.82) is 0 Å². The number of hydrogen-bond acceptors (Lipinski definition) is 6. The monoisotopic (exact) mass is 499 g/mol. The summed E-state index contributed by atoms with van der Waals surface area (Å²) in [5, 5.41) is 0.203. The predicted octanol–water partition coefficient (Wildman–Crippen LogP) is 4.51. The molecule has 4 rings (SSSR count). The van der Waals surface area contributed by atoms with Crippen molar-refractivity contribution < 1.29 is 26.7 Å². The SMILES string of the molecule is Cc1cc(OCC(F)(F)F)cnc1C(N)=Nc1ccc(F)c([C@@]2(C)N=C(N)S[C@@]3(CF)C[C@H]32)c1. The Labute approximate surface area is 196 Å². The minimum absolute atomic E-state index is 0.0191. The van der Waals surface area contributed by atoms with Gasteiger partial charge in [-0.3, -0.25) is 4.99 Å². The number of nitrogens with zero attached hydrogens (tertiary/aromatic N) is 3. The maximum atomic E-state index is 14.9. The van der Waals surface area contributed by atoms with Crippen molar-refractivity contribution in [2.75, 3.05) is 13.3 Å². The Kier molecular flexibility index (Phi) is 5.99. The van der Waals surface area contributed by atoms with Gasteiger partial charge >= 0.3 is 6.18 Å². The molecule has 2 aromatic rings. The first-order valence-electron chi connectivity index (χ1n) is 10.3. The number of pyridine rings is 1. The van der Waals surface area contributed by atoms with E-state index >= 15 is 0 Å². The van der Waals surface area contributed by atoms with Crippen LogP contribution >= 0.6 is 11.8 Å². The van der Waals surface area contributed by atoms with Gasteiger partial charge in [-0.15, -0.1) is 0 Å². The molecule has 1 saturated carbocycles. The molecule has 1 aliphatic carbocycles. The van der Waals surface area contributed by atoms with Crippen LogP contribution in [0.3, 0.4) is 0 Å². The van der Waals surface area contributed by atoms with Gasteiger partial charge in [0.15, 0.2) is 11.8 Å². The number of rotatable bonds is 6. The number of nitrogens with two attached hydrogens (primary N) is 2. The number of halogens is 5. The summed E-state index contributed by atoms with van der Waals surface area (Å²) in [6.45, 7) is 1.30. The molecule has 2 aliphatic rings.